The van der Waals surface area contributed by atoms with Crippen molar-refractivity contribution in [1.82, 2.24) is 0 Å². The monoisotopic (exact) mass is 231 g/mol. The third kappa shape index (κ3) is 2.78. The van der Waals surface area contributed by atoms with Gasteiger partial charge in [-0.25, -0.2) is 4.99 Å². The maximum atomic E-state index is 5.95. The molecule has 0 saturated heterocycles. The number of aliphatic imine (C=N–C) groups is 1. The second kappa shape index (κ2) is 4.73. The Morgan fingerprint density at radius 1 is 1.46 bits per heavy atom. The zero-order chi connectivity index (χ0) is 9.84. The third-order valence-electron chi connectivity index (χ3n) is 1.66. The number of hydrogen-bond acceptors (Lipinski definition) is 2. The number of nitrogens with zero attached hydrogens (tertiary/aromatic N) is 1. The maximum absolute atomic E-state index is 5.95. The fraction of sp³-hybridized carbons (Fsp3) is 0.222. The minimum Gasteiger partial charge on any atom is -0.225 e. The number of benzene rings is 1. The van der Waals surface area contributed by atoms with Crippen LogP contribution in [0.3, 0.4) is 0 Å². The van der Waals surface area contributed by atoms with Gasteiger partial charge in [-0.05, 0) is 36.8 Å². The summed E-state index contributed by atoms with van der Waals surface area (Å²) in [7, 11) is 0. The van der Waals surface area contributed by atoms with E-state index in [1.165, 1.54) is 0 Å². The quantitative estimate of drug-likeness (QED) is 0.551. The normalized spacial score (nSPS) is 11.9. The van der Waals surface area contributed by atoms with Crippen molar-refractivity contribution >= 4 is 40.6 Å². The molecule has 1 aromatic rings. The predicted octanol–water partition coefficient (Wildman–Crippen LogP) is 4.16. The van der Waals surface area contributed by atoms with Gasteiger partial charge in [-0.1, -0.05) is 29.3 Å². The van der Waals surface area contributed by atoms with Crippen LogP contribution in [0.4, 0.5) is 0 Å². The van der Waals surface area contributed by atoms with E-state index in [4.69, 9.17) is 23.2 Å². The highest BCUT2D eigenvalue weighted by Gasteiger charge is 2.07. The largest absolute Gasteiger partial charge is 0.225 e. The van der Waals surface area contributed by atoms with Crippen LogP contribution in [-0.4, -0.2) is 5.16 Å². The molecule has 0 unspecified atom stereocenters. The second-order valence-corrected chi connectivity index (χ2v) is 3.59. The Bertz CT molecular complexity index is 359. The number of halogens is 2. The Morgan fingerprint density at radius 2 is 2.15 bits per heavy atom. The van der Waals surface area contributed by atoms with Crippen LogP contribution in [0.25, 0.3) is 0 Å². The van der Waals surface area contributed by atoms with Crippen molar-refractivity contribution in [2.45, 2.75) is 13.0 Å². The Labute approximate surface area is 92.4 Å². The summed E-state index contributed by atoms with van der Waals surface area (Å²) in [5.74, 6) is 0. The van der Waals surface area contributed by atoms with E-state index in [1.807, 2.05) is 13.0 Å². The fourth-order valence-corrected chi connectivity index (χ4v) is 1.71. The van der Waals surface area contributed by atoms with Crippen LogP contribution in [-0.2, 0) is 0 Å². The highest BCUT2D eigenvalue weighted by atomic mass is 35.5. The molecule has 1 nitrogen and oxygen atoms in total. The molecule has 0 N–H and O–H groups in total. The van der Waals surface area contributed by atoms with E-state index in [0.29, 0.717) is 10.0 Å². The lowest BCUT2D eigenvalue weighted by molar-refractivity contribution is 0.828. The molecule has 0 saturated carbocycles. The molecule has 0 heterocycles. The van der Waals surface area contributed by atoms with Gasteiger partial charge >= 0.3 is 0 Å². The summed E-state index contributed by atoms with van der Waals surface area (Å²) >= 11 is 16.2. The fourth-order valence-electron chi connectivity index (χ4n) is 0.989. The van der Waals surface area contributed by atoms with E-state index in [9.17, 15) is 0 Å². The average molecular weight is 232 g/mol. The van der Waals surface area contributed by atoms with Crippen molar-refractivity contribution < 1.29 is 0 Å². The van der Waals surface area contributed by atoms with Crippen LogP contribution in [0.5, 0.6) is 0 Å². The summed E-state index contributed by atoms with van der Waals surface area (Å²) in [6.45, 7) is 1.90. The Morgan fingerprint density at radius 3 is 2.69 bits per heavy atom. The van der Waals surface area contributed by atoms with Gasteiger partial charge in [0.05, 0.1) is 11.2 Å². The molecule has 13 heavy (non-hydrogen) atoms. The summed E-state index contributed by atoms with van der Waals surface area (Å²) in [6.07, 6.45) is 0. The Kier molecular flexibility index (Phi) is 3.89. The van der Waals surface area contributed by atoms with Crippen molar-refractivity contribution in [3.05, 3.63) is 33.8 Å². The standard InChI is InChI=1S/C9H7Cl2NS/c1-6(12-5-13)8-3-2-7(10)4-9(8)11/h2-4,6H,1H3/t6-/m0/s1. The molecule has 0 amide bonds. The minimum absolute atomic E-state index is 0.0673. The van der Waals surface area contributed by atoms with Crippen molar-refractivity contribution in [1.29, 1.82) is 0 Å². The van der Waals surface area contributed by atoms with Gasteiger partial charge in [0.1, 0.15) is 0 Å². The average Bonchev–Trinajstić information content (AvgIpc) is 2.04. The van der Waals surface area contributed by atoms with E-state index in [2.05, 4.69) is 22.4 Å². The summed E-state index contributed by atoms with van der Waals surface area (Å²) in [5, 5.41) is 3.55. The molecular weight excluding hydrogens is 225 g/mol. The molecule has 0 bridgehead atoms. The smallest absolute Gasteiger partial charge is 0.0838 e. The molecule has 0 aromatic heterocycles. The van der Waals surface area contributed by atoms with Gasteiger partial charge in [0.15, 0.2) is 0 Å². The first kappa shape index (κ1) is 10.7. The van der Waals surface area contributed by atoms with Gasteiger partial charge < -0.3 is 0 Å². The Balaban J connectivity index is 3.08. The first-order valence-electron chi connectivity index (χ1n) is 3.67. The van der Waals surface area contributed by atoms with Gasteiger partial charge in [-0.2, -0.15) is 0 Å². The molecule has 0 aliphatic carbocycles. The molecule has 0 fully saturated rings. The van der Waals surface area contributed by atoms with Crippen LogP contribution in [0.1, 0.15) is 18.5 Å². The first-order valence-corrected chi connectivity index (χ1v) is 4.83. The van der Waals surface area contributed by atoms with Crippen LogP contribution < -0.4 is 0 Å². The zero-order valence-corrected chi connectivity index (χ0v) is 9.25. The maximum Gasteiger partial charge on any atom is 0.0838 e. The van der Waals surface area contributed by atoms with Crippen molar-refractivity contribution in [3.63, 3.8) is 0 Å². The van der Waals surface area contributed by atoms with E-state index >= 15 is 0 Å². The molecule has 68 valence electrons. The van der Waals surface area contributed by atoms with E-state index < -0.39 is 0 Å². The van der Waals surface area contributed by atoms with Gasteiger partial charge in [-0.3, -0.25) is 0 Å². The summed E-state index contributed by atoms with van der Waals surface area (Å²) in [4.78, 5) is 3.92. The second-order valence-electron chi connectivity index (χ2n) is 2.56. The SMILES string of the molecule is C[C@H](N=C=S)c1ccc(Cl)cc1Cl. The van der Waals surface area contributed by atoms with Crippen molar-refractivity contribution in [2.75, 3.05) is 0 Å². The van der Waals surface area contributed by atoms with Gasteiger partial charge in [0.2, 0.25) is 0 Å². The summed E-state index contributed by atoms with van der Waals surface area (Å²) in [6, 6.07) is 5.24. The highest BCUT2D eigenvalue weighted by Crippen LogP contribution is 2.27. The molecule has 0 spiro atoms. The lowest BCUT2D eigenvalue weighted by Gasteiger charge is -2.07. The minimum atomic E-state index is -0.0673. The first-order chi connectivity index (χ1) is 6.15. The van der Waals surface area contributed by atoms with E-state index in [0.717, 1.165) is 5.56 Å². The lowest BCUT2D eigenvalue weighted by Crippen LogP contribution is -1.89. The molecule has 1 aromatic carbocycles. The van der Waals surface area contributed by atoms with Crippen molar-refractivity contribution in [3.8, 4) is 0 Å². The molecular formula is C9H7Cl2NS. The molecule has 0 radical (unpaired) electrons. The molecule has 0 aliphatic heterocycles. The van der Waals surface area contributed by atoms with Crippen LogP contribution >= 0.6 is 35.4 Å². The number of rotatable bonds is 2. The topological polar surface area (TPSA) is 12.4 Å². The molecule has 4 heteroatoms. The van der Waals surface area contributed by atoms with Crippen LogP contribution in [0.15, 0.2) is 23.2 Å². The summed E-state index contributed by atoms with van der Waals surface area (Å²) in [5.41, 5.74) is 0.906. The summed E-state index contributed by atoms with van der Waals surface area (Å²) < 4.78 is 0. The van der Waals surface area contributed by atoms with E-state index in [-0.39, 0.29) is 6.04 Å². The number of hydrogen-bond donors (Lipinski definition) is 0. The molecule has 0 aliphatic rings. The highest BCUT2D eigenvalue weighted by molar-refractivity contribution is 7.78. The third-order valence-corrected chi connectivity index (χ3v) is 2.33. The number of isothiocyanates is 1. The van der Waals surface area contributed by atoms with Crippen LogP contribution in [0.2, 0.25) is 10.0 Å². The lowest BCUT2D eigenvalue weighted by atomic mass is 10.1. The Hall–Kier alpha value is -0.400. The van der Waals surface area contributed by atoms with Gasteiger partial charge in [0, 0.05) is 10.0 Å². The van der Waals surface area contributed by atoms with Gasteiger partial charge in [0.25, 0.3) is 0 Å². The molecule has 1 atom stereocenters. The predicted molar refractivity (Wildman–Crippen MR) is 59.9 cm³/mol. The molecule has 1 rings (SSSR count). The van der Waals surface area contributed by atoms with Gasteiger partial charge in [-0.15, -0.1) is 0 Å². The van der Waals surface area contributed by atoms with Crippen LogP contribution in [0, 0.1) is 0 Å². The zero-order valence-electron chi connectivity index (χ0n) is 6.92. The van der Waals surface area contributed by atoms with E-state index in [1.54, 1.807) is 12.1 Å². The van der Waals surface area contributed by atoms with Crippen molar-refractivity contribution in [2.24, 2.45) is 4.99 Å². The number of thiocarbonyl (C=S) groups is 1.